The second kappa shape index (κ2) is 8.55. The van der Waals surface area contributed by atoms with E-state index in [1.807, 2.05) is 11.0 Å². The minimum absolute atomic E-state index is 0.0473. The molecule has 1 fully saturated rings. The molecule has 1 amide bonds. The van der Waals surface area contributed by atoms with Crippen LogP contribution in [-0.2, 0) is 17.9 Å². The molecule has 3 aromatic rings. The first-order chi connectivity index (χ1) is 14.1. The molecule has 2 aromatic carbocycles. The van der Waals surface area contributed by atoms with Crippen LogP contribution >= 0.6 is 0 Å². The molecule has 1 heterocycles. The SMILES string of the molecule is O=C(Cn1cnc2ccccc2c1=O)N(Cc1ccc(F)cc1)C1CCCCC1. The van der Waals surface area contributed by atoms with Gasteiger partial charge in [-0.25, -0.2) is 9.37 Å². The Morgan fingerprint density at radius 2 is 1.79 bits per heavy atom. The van der Waals surface area contributed by atoms with Crippen LogP contribution in [0.15, 0.2) is 59.7 Å². The fourth-order valence-electron chi connectivity index (χ4n) is 4.06. The first-order valence-corrected chi connectivity index (χ1v) is 10.1. The third-order valence-corrected chi connectivity index (χ3v) is 5.64. The first-order valence-electron chi connectivity index (χ1n) is 10.1. The van der Waals surface area contributed by atoms with Crippen LogP contribution in [0.3, 0.4) is 0 Å². The minimum Gasteiger partial charge on any atom is -0.334 e. The molecule has 1 aromatic heterocycles. The Labute approximate surface area is 168 Å². The van der Waals surface area contributed by atoms with Crippen molar-refractivity contribution in [3.63, 3.8) is 0 Å². The molecule has 150 valence electrons. The van der Waals surface area contributed by atoms with Crippen LogP contribution in [0.4, 0.5) is 4.39 Å². The van der Waals surface area contributed by atoms with Gasteiger partial charge in [-0.05, 0) is 42.7 Å². The van der Waals surface area contributed by atoms with Gasteiger partial charge in [0.25, 0.3) is 5.56 Å². The number of fused-ring (bicyclic) bond motifs is 1. The third kappa shape index (κ3) is 4.36. The van der Waals surface area contributed by atoms with Gasteiger partial charge in [0.2, 0.25) is 5.91 Å². The van der Waals surface area contributed by atoms with E-state index in [0.717, 1.165) is 31.2 Å². The monoisotopic (exact) mass is 393 g/mol. The van der Waals surface area contributed by atoms with Crippen molar-refractivity contribution in [3.8, 4) is 0 Å². The number of nitrogens with zero attached hydrogens (tertiary/aromatic N) is 3. The van der Waals surface area contributed by atoms with Gasteiger partial charge in [-0.2, -0.15) is 0 Å². The lowest BCUT2D eigenvalue weighted by Gasteiger charge is -2.34. The Morgan fingerprint density at radius 3 is 2.55 bits per heavy atom. The van der Waals surface area contributed by atoms with E-state index in [4.69, 9.17) is 0 Å². The van der Waals surface area contributed by atoms with E-state index in [2.05, 4.69) is 4.98 Å². The lowest BCUT2D eigenvalue weighted by atomic mass is 9.93. The third-order valence-electron chi connectivity index (χ3n) is 5.64. The Kier molecular flexibility index (Phi) is 5.69. The zero-order valence-corrected chi connectivity index (χ0v) is 16.3. The maximum Gasteiger partial charge on any atom is 0.261 e. The molecule has 0 saturated heterocycles. The van der Waals surface area contributed by atoms with Gasteiger partial charge in [0.15, 0.2) is 0 Å². The van der Waals surface area contributed by atoms with Crippen LogP contribution in [0.2, 0.25) is 0 Å². The second-order valence-corrected chi connectivity index (χ2v) is 7.63. The van der Waals surface area contributed by atoms with Crippen molar-refractivity contribution in [1.82, 2.24) is 14.5 Å². The smallest absolute Gasteiger partial charge is 0.261 e. The van der Waals surface area contributed by atoms with Crippen LogP contribution in [0.25, 0.3) is 10.9 Å². The number of hydrogen-bond donors (Lipinski definition) is 0. The summed E-state index contributed by atoms with van der Waals surface area (Å²) in [7, 11) is 0. The van der Waals surface area contributed by atoms with Crippen molar-refractivity contribution in [2.75, 3.05) is 0 Å². The minimum atomic E-state index is -0.293. The van der Waals surface area contributed by atoms with Crippen LogP contribution in [0, 0.1) is 5.82 Å². The topological polar surface area (TPSA) is 55.2 Å². The zero-order valence-electron chi connectivity index (χ0n) is 16.3. The van der Waals surface area contributed by atoms with Gasteiger partial charge < -0.3 is 4.90 Å². The van der Waals surface area contributed by atoms with Gasteiger partial charge in [-0.3, -0.25) is 14.2 Å². The summed E-state index contributed by atoms with van der Waals surface area (Å²) in [5.74, 6) is -0.404. The average Bonchev–Trinajstić information content (AvgIpc) is 2.76. The molecule has 0 bridgehead atoms. The average molecular weight is 393 g/mol. The molecule has 6 heteroatoms. The molecule has 1 aliphatic rings. The molecule has 0 N–H and O–H groups in total. The highest BCUT2D eigenvalue weighted by atomic mass is 19.1. The number of benzene rings is 2. The van der Waals surface area contributed by atoms with Crippen molar-refractivity contribution >= 4 is 16.8 Å². The molecular weight excluding hydrogens is 369 g/mol. The molecule has 0 radical (unpaired) electrons. The zero-order chi connectivity index (χ0) is 20.2. The number of para-hydroxylation sites is 1. The Bertz CT molecular complexity index is 1060. The summed E-state index contributed by atoms with van der Waals surface area (Å²) in [6, 6.07) is 13.5. The normalized spacial score (nSPS) is 14.8. The molecule has 1 saturated carbocycles. The predicted octanol–water partition coefficient (Wildman–Crippen LogP) is 3.90. The van der Waals surface area contributed by atoms with Gasteiger partial charge in [-0.1, -0.05) is 43.5 Å². The second-order valence-electron chi connectivity index (χ2n) is 7.63. The van der Waals surface area contributed by atoms with E-state index in [1.165, 1.54) is 29.4 Å². The Hall–Kier alpha value is -3.02. The fourth-order valence-corrected chi connectivity index (χ4v) is 4.06. The summed E-state index contributed by atoms with van der Waals surface area (Å²) >= 11 is 0. The molecule has 0 spiro atoms. The fraction of sp³-hybridized carbons (Fsp3) is 0.348. The van der Waals surface area contributed by atoms with Gasteiger partial charge >= 0.3 is 0 Å². The lowest BCUT2D eigenvalue weighted by molar-refractivity contribution is -0.135. The maximum atomic E-state index is 13.3. The van der Waals surface area contributed by atoms with Crippen molar-refractivity contribution in [2.24, 2.45) is 0 Å². The summed E-state index contributed by atoms with van der Waals surface area (Å²) in [5, 5.41) is 0.505. The van der Waals surface area contributed by atoms with Crippen LogP contribution in [-0.4, -0.2) is 26.4 Å². The van der Waals surface area contributed by atoms with Gasteiger partial charge in [0, 0.05) is 12.6 Å². The highest BCUT2D eigenvalue weighted by molar-refractivity contribution is 5.79. The van der Waals surface area contributed by atoms with E-state index in [9.17, 15) is 14.0 Å². The van der Waals surface area contributed by atoms with Crippen molar-refractivity contribution in [1.29, 1.82) is 0 Å². The van der Waals surface area contributed by atoms with Gasteiger partial charge in [0.05, 0.1) is 17.2 Å². The van der Waals surface area contributed by atoms with E-state index in [1.54, 1.807) is 30.3 Å². The molecule has 29 heavy (non-hydrogen) atoms. The number of halogens is 1. The summed E-state index contributed by atoms with van der Waals surface area (Å²) in [6.07, 6.45) is 6.73. The predicted molar refractivity (Wildman–Crippen MR) is 110 cm³/mol. The molecule has 0 atom stereocenters. The summed E-state index contributed by atoms with van der Waals surface area (Å²) in [6.45, 7) is 0.369. The van der Waals surface area contributed by atoms with E-state index >= 15 is 0 Å². The van der Waals surface area contributed by atoms with Crippen LogP contribution < -0.4 is 5.56 Å². The number of aromatic nitrogens is 2. The number of rotatable bonds is 5. The quantitative estimate of drug-likeness (QED) is 0.661. The van der Waals surface area contributed by atoms with E-state index in [0.29, 0.717) is 17.4 Å². The first kappa shape index (κ1) is 19.3. The summed E-state index contributed by atoms with van der Waals surface area (Å²) in [4.78, 5) is 32.2. The van der Waals surface area contributed by atoms with Gasteiger partial charge in [-0.15, -0.1) is 0 Å². The Morgan fingerprint density at radius 1 is 1.07 bits per heavy atom. The van der Waals surface area contributed by atoms with E-state index < -0.39 is 0 Å². The van der Waals surface area contributed by atoms with Crippen molar-refractivity contribution in [2.45, 2.75) is 51.2 Å². The lowest BCUT2D eigenvalue weighted by Crippen LogP contribution is -2.43. The molecule has 0 aliphatic heterocycles. The molecule has 4 rings (SSSR count). The van der Waals surface area contributed by atoms with E-state index in [-0.39, 0.29) is 29.9 Å². The standard InChI is InChI=1S/C23H24FN3O2/c24-18-12-10-17(11-13-18)14-27(19-6-2-1-3-7-19)22(28)15-26-16-25-21-9-5-4-8-20(21)23(26)29/h4-5,8-13,16,19H,1-3,6-7,14-15H2. The highest BCUT2D eigenvalue weighted by Gasteiger charge is 2.26. The summed E-state index contributed by atoms with van der Waals surface area (Å²) in [5.41, 5.74) is 1.29. The molecule has 5 nitrogen and oxygen atoms in total. The number of carbonyl (C=O) groups is 1. The van der Waals surface area contributed by atoms with Crippen molar-refractivity contribution < 1.29 is 9.18 Å². The molecule has 1 aliphatic carbocycles. The maximum absolute atomic E-state index is 13.3. The number of amides is 1. The van der Waals surface area contributed by atoms with Gasteiger partial charge in [0.1, 0.15) is 12.4 Å². The highest BCUT2D eigenvalue weighted by Crippen LogP contribution is 2.24. The summed E-state index contributed by atoms with van der Waals surface area (Å²) < 4.78 is 14.7. The van der Waals surface area contributed by atoms with Crippen LogP contribution in [0.1, 0.15) is 37.7 Å². The number of hydrogen-bond acceptors (Lipinski definition) is 3. The van der Waals surface area contributed by atoms with Crippen LogP contribution in [0.5, 0.6) is 0 Å². The largest absolute Gasteiger partial charge is 0.334 e. The van der Waals surface area contributed by atoms with Crippen molar-refractivity contribution in [3.05, 3.63) is 76.6 Å². The molecular formula is C23H24FN3O2. The molecule has 0 unspecified atom stereocenters. The Balaban J connectivity index is 1.59. The number of carbonyl (C=O) groups excluding carboxylic acids is 1.